The Labute approximate surface area is 156 Å². The van der Waals surface area contributed by atoms with Crippen molar-refractivity contribution in [2.24, 2.45) is 23.7 Å². The van der Waals surface area contributed by atoms with Crippen molar-refractivity contribution < 1.29 is 14.3 Å². The second-order valence-electron chi connectivity index (χ2n) is 7.27. The quantitative estimate of drug-likeness (QED) is 0.842. The first-order valence-corrected chi connectivity index (χ1v) is 9.88. The average Bonchev–Trinajstić information content (AvgIpc) is 3.27. The maximum absolute atomic E-state index is 13.0. The highest BCUT2D eigenvalue weighted by atomic mass is 32.2. The molecule has 0 radical (unpaired) electrons. The predicted molar refractivity (Wildman–Crippen MR) is 99.6 cm³/mol. The summed E-state index contributed by atoms with van der Waals surface area (Å²) in [5.41, 5.74) is 0.774. The molecule has 6 atom stereocenters. The number of carbonyl (C=O) groups is 2. The van der Waals surface area contributed by atoms with E-state index in [4.69, 9.17) is 4.74 Å². The number of ether oxygens (including phenoxy) is 1. The number of anilines is 1. The van der Waals surface area contributed by atoms with E-state index in [-0.39, 0.29) is 46.9 Å². The van der Waals surface area contributed by atoms with Gasteiger partial charge in [0.05, 0.1) is 17.1 Å². The zero-order valence-electron chi connectivity index (χ0n) is 14.1. The molecule has 1 saturated heterocycles. The molecule has 1 amide bonds. The van der Waals surface area contributed by atoms with E-state index in [1.54, 1.807) is 11.8 Å². The maximum atomic E-state index is 13.0. The third-order valence-electron chi connectivity index (χ3n) is 5.91. The van der Waals surface area contributed by atoms with Gasteiger partial charge in [-0.3, -0.25) is 9.59 Å². The Hall–Kier alpha value is -2.27. The summed E-state index contributed by atoms with van der Waals surface area (Å²) in [6.45, 7) is 0. The first-order valence-electron chi connectivity index (χ1n) is 9.00. The molecule has 3 fully saturated rings. The van der Waals surface area contributed by atoms with Crippen LogP contribution in [0.4, 0.5) is 5.69 Å². The zero-order valence-corrected chi connectivity index (χ0v) is 14.9. The van der Waals surface area contributed by atoms with E-state index < -0.39 is 0 Å². The van der Waals surface area contributed by atoms with Crippen molar-refractivity contribution >= 4 is 29.3 Å². The van der Waals surface area contributed by atoms with Crippen molar-refractivity contribution in [3.05, 3.63) is 60.7 Å². The van der Waals surface area contributed by atoms with Crippen LogP contribution in [-0.2, 0) is 14.3 Å². The SMILES string of the molecule is O=C1O[C@@H]2[C@H]3C[C@@H]([C@@H]2Sc2ccccc2)[C@@H](C(=O)Nc2ccccc2)[C@H]13. The second kappa shape index (κ2) is 6.16. The molecule has 26 heavy (non-hydrogen) atoms. The van der Waals surface area contributed by atoms with Crippen LogP contribution in [0, 0.1) is 23.7 Å². The van der Waals surface area contributed by atoms with Crippen molar-refractivity contribution in [1.82, 2.24) is 0 Å². The number of amides is 1. The van der Waals surface area contributed by atoms with Gasteiger partial charge in [-0.25, -0.2) is 0 Å². The smallest absolute Gasteiger partial charge is 0.310 e. The van der Waals surface area contributed by atoms with Gasteiger partial charge in [-0.05, 0) is 36.6 Å². The van der Waals surface area contributed by atoms with Crippen molar-refractivity contribution in [1.29, 1.82) is 0 Å². The Bertz CT molecular complexity index is 841. The van der Waals surface area contributed by atoms with E-state index in [2.05, 4.69) is 17.4 Å². The summed E-state index contributed by atoms with van der Waals surface area (Å²) in [7, 11) is 0. The average molecular weight is 365 g/mol. The largest absolute Gasteiger partial charge is 0.461 e. The fourth-order valence-corrected chi connectivity index (χ4v) is 6.38. The lowest BCUT2D eigenvalue weighted by Crippen LogP contribution is -2.41. The van der Waals surface area contributed by atoms with E-state index in [1.165, 1.54) is 0 Å². The van der Waals surface area contributed by atoms with E-state index in [0.29, 0.717) is 0 Å². The minimum Gasteiger partial charge on any atom is -0.461 e. The van der Waals surface area contributed by atoms with Gasteiger partial charge in [0.15, 0.2) is 0 Å². The number of para-hydroxylation sites is 1. The fourth-order valence-electron chi connectivity index (χ4n) is 4.91. The highest BCUT2D eigenvalue weighted by molar-refractivity contribution is 8.00. The summed E-state index contributed by atoms with van der Waals surface area (Å²) in [6, 6.07) is 19.6. The number of nitrogens with one attached hydrogen (secondary N) is 1. The van der Waals surface area contributed by atoms with Crippen molar-refractivity contribution in [3.63, 3.8) is 0 Å². The van der Waals surface area contributed by atoms with Gasteiger partial charge in [0, 0.05) is 16.5 Å². The van der Waals surface area contributed by atoms with Crippen LogP contribution in [0.5, 0.6) is 0 Å². The molecular weight excluding hydrogens is 346 g/mol. The third-order valence-corrected chi connectivity index (χ3v) is 7.34. The van der Waals surface area contributed by atoms with Gasteiger partial charge < -0.3 is 10.1 Å². The number of benzene rings is 2. The Morgan fingerprint density at radius 3 is 2.42 bits per heavy atom. The molecule has 4 nitrogen and oxygen atoms in total. The number of thioether (sulfide) groups is 1. The number of rotatable bonds is 4. The minimum absolute atomic E-state index is 0.0512. The van der Waals surface area contributed by atoms with Crippen molar-refractivity contribution in [3.8, 4) is 0 Å². The number of esters is 1. The molecule has 0 unspecified atom stereocenters. The van der Waals surface area contributed by atoms with E-state index >= 15 is 0 Å². The van der Waals surface area contributed by atoms with Gasteiger partial charge in [0.2, 0.25) is 5.91 Å². The monoisotopic (exact) mass is 365 g/mol. The van der Waals surface area contributed by atoms with Gasteiger partial charge in [-0.15, -0.1) is 11.8 Å². The maximum Gasteiger partial charge on any atom is 0.310 e. The summed E-state index contributed by atoms with van der Waals surface area (Å²) in [6.07, 6.45) is 0.849. The van der Waals surface area contributed by atoms with Crippen LogP contribution < -0.4 is 5.32 Å². The van der Waals surface area contributed by atoms with Crippen molar-refractivity contribution in [2.45, 2.75) is 22.7 Å². The molecule has 5 rings (SSSR count). The Balaban J connectivity index is 1.41. The Kier molecular flexibility index (Phi) is 3.78. The lowest BCUT2D eigenvalue weighted by atomic mass is 9.79. The summed E-state index contributed by atoms with van der Waals surface area (Å²) in [5, 5.41) is 3.15. The van der Waals surface area contributed by atoms with Crippen LogP contribution in [0.2, 0.25) is 0 Å². The lowest BCUT2D eigenvalue weighted by Gasteiger charge is -2.30. The van der Waals surface area contributed by atoms with Crippen LogP contribution in [-0.4, -0.2) is 23.2 Å². The van der Waals surface area contributed by atoms with Crippen LogP contribution in [0.15, 0.2) is 65.6 Å². The number of hydrogen-bond donors (Lipinski definition) is 1. The zero-order chi connectivity index (χ0) is 17.7. The van der Waals surface area contributed by atoms with E-state index in [0.717, 1.165) is 17.0 Å². The van der Waals surface area contributed by atoms with Crippen LogP contribution in [0.1, 0.15) is 6.42 Å². The van der Waals surface area contributed by atoms with E-state index in [1.807, 2.05) is 48.5 Å². The highest BCUT2D eigenvalue weighted by Crippen LogP contribution is 2.61. The molecule has 2 aromatic rings. The molecule has 132 valence electrons. The lowest BCUT2D eigenvalue weighted by molar-refractivity contribution is -0.145. The summed E-state index contributed by atoms with van der Waals surface area (Å²) in [4.78, 5) is 26.6. The Morgan fingerprint density at radius 2 is 1.69 bits per heavy atom. The van der Waals surface area contributed by atoms with Crippen LogP contribution >= 0.6 is 11.8 Å². The molecule has 5 heteroatoms. The topological polar surface area (TPSA) is 55.4 Å². The highest BCUT2D eigenvalue weighted by Gasteiger charge is 2.68. The van der Waals surface area contributed by atoms with E-state index in [9.17, 15) is 9.59 Å². The van der Waals surface area contributed by atoms with Crippen LogP contribution in [0.3, 0.4) is 0 Å². The molecule has 3 aliphatic rings. The standard InChI is InChI=1S/C21H19NO3S/c23-20(22-12-7-3-1-4-8-12)16-15-11-14-17(16)21(24)25-18(14)19(15)26-13-9-5-2-6-10-13/h1-10,14-19H,11H2,(H,22,23)/t14-,15+,16+,17+,18+,19-/m0/s1. The molecule has 0 spiro atoms. The van der Waals surface area contributed by atoms with Gasteiger partial charge in [-0.1, -0.05) is 36.4 Å². The number of carbonyl (C=O) groups excluding carboxylic acids is 2. The summed E-state index contributed by atoms with van der Waals surface area (Å²) in [5.74, 6) is -0.457. The van der Waals surface area contributed by atoms with Gasteiger partial charge in [-0.2, -0.15) is 0 Å². The molecule has 1 aliphatic heterocycles. The Morgan fingerprint density at radius 1 is 1.00 bits per heavy atom. The number of fused-ring (bicyclic) bond motifs is 1. The molecule has 1 heterocycles. The molecule has 2 saturated carbocycles. The normalized spacial score (nSPS) is 33.9. The molecular formula is C21H19NO3S. The summed E-state index contributed by atoms with van der Waals surface area (Å²) < 4.78 is 5.71. The minimum atomic E-state index is -0.298. The molecule has 2 aliphatic carbocycles. The second-order valence-corrected chi connectivity index (χ2v) is 8.52. The third kappa shape index (κ3) is 2.45. The molecule has 0 aromatic heterocycles. The van der Waals surface area contributed by atoms with Crippen molar-refractivity contribution in [2.75, 3.05) is 5.32 Å². The summed E-state index contributed by atoms with van der Waals surface area (Å²) >= 11 is 1.75. The predicted octanol–water partition coefficient (Wildman–Crippen LogP) is 3.59. The van der Waals surface area contributed by atoms with Gasteiger partial charge in [0.25, 0.3) is 0 Å². The fraction of sp³-hybridized carbons (Fsp3) is 0.333. The van der Waals surface area contributed by atoms with Gasteiger partial charge in [0.1, 0.15) is 6.10 Å². The first-order chi connectivity index (χ1) is 12.7. The van der Waals surface area contributed by atoms with Gasteiger partial charge >= 0.3 is 5.97 Å². The molecule has 2 bridgehead atoms. The number of hydrogen-bond acceptors (Lipinski definition) is 4. The first kappa shape index (κ1) is 15.9. The molecule has 2 aromatic carbocycles. The molecule has 1 N–H and O–H groups in total. The van der Waals surface area contributed by atoms with Crippen LogP contribution in [0.25, 0.3) is 0 Å².